The van der Waals surface area contributed by atoms with Crippen LogP contribution in [0.2, 0.25) is 0 Å². The summed E-state index contributed by atoms with van der Waals surface area (Å²) in [5, 5.41) is 7.00. The molecule has 0 aromatic heterocycles. The van der Waals surface area contributed by atoms with Gasteiger partial charge in [0.15, 0.2) is 12.6 Å². The van der Waals surface area contributed by atoms with Crippen LogP contribution in [0.1, 0.15) is 75.7 Å². The van der Waals surface area contributed by atoms with Gasteiger partial charge in [0.2, 0.25) is 0 Å². The van der Waals surface area contributed by atoms with Crippen molar-refractivity contribution in [1.82, 2.24) is 0 Å². The molecule has 238 valence electrons. The van der Waals surface area contributed by atoms with Gasteiger partial charge in [0.1, 0.15) is 6.10 Å². The normalized spacial score (nSPS) is 17.1. The second-order valence-corrected chi connectivity index (χ2v) is 7.23. The molecular weight excluding hydrogens is 516 g/mol. The number of rotatable bonds is 16. The Kier molecular flexibility index (Phi) is 55.2. The number of thiol groups is 1. The van der Waals surface area contributed by atoms with Crippen molar-refractivity contribution in [2.24, 2.45) is 0 Å². The van der Waals surface area contributed by atoms with E-state index in [1.807, 2.05) is 62.3 Å². The summed E-state index contributed by atoms with van der Waals surface area (Å²) in [4.78, 5) is 0. The monoisotopic (exact) mass is 580 g/mol. The summed E-state index contributed by atoms with van der Waals surface area (Å²) in [7, 11) is 4.25. The summed E-state index contributed by atoms with van der Waals surface area (Å²) in [5.74, 6) is 0. The van der Waals surface area contributed by atoms with Crippen molar-refractivity contribution >= 4 is 12.9 Å². The third-order valence-corrected chi connectivity index (χ3v) is 4.41. The van der Waals surface area contributed by atoms with E-state index in [1.54, 1.807) is 14.2 Å². The molecule has 0 aromatic rings. The lowest BCUT2D eigenvalue weighted by atomic mass is 10.1. The largest absolute Gasteiger partial charge is 0.400 e. The zero-order chi connectivity index (χ0) is 30.6. The minimum absolute atomic E-state index is 0.0653. The number of aliphatic hydroxyl groups is 1. The summed E-state index contributed by atoms with van der Waals surface area (Å²) in [6.07, 6.45) is 1.31. The smallest absolute Gasteiger partial charge is 0.155 e. The molecule has 0 spiro atoms. The lowest BCUT2D eigenvalue weighted by molar-refractivity contribution is -0.123. The number of hydrogen-bond acceptors (Lipinski definition) is 11. The predicted octanol–water partition coefficient (Wildman–Crippen LogP) is 5.16. The number of ether oxygens (including phenoxy) is 8. The zero-order valence-electron chi connectivity index (χ0n) is 26.8. The summed E-state index contributed by atoms with van der Waals surface area (Å²) in [6, 6.07) is 0. The molecule has 1 saturated heterocycles. The molecule has 38 heavy (non-hydrogen) atoms. The first kappa shape index (κ1) is 47.7. The van der Waals surface area contributed by atoms with Gasteiger partial charge in [-0.15, -0.1) is 0 Å². The first-order chi connectivity index (χ1) is 18.4. The van der Waals surface area contributed by atoms with Crippen LogP contribution in [-0.4, -0.2) is 110 Å². The van der Waals surface area contributed by atoms with Gasteiger partial charge in [0, 0.05) is 27.9 Å². The predicted molar refractivity (Wildman–Crippen MR) is 158 cm³/mol. The first-order valence-electron chi connectivity index (χ1n) is 13.8. The maximum Gasteiger partial charge on any atom is 0.155 e. The molecule has 0 radical (unpaired) electrons. The molecule has 4 atom stereocenters. The van der Waals surface area contributed by atoms with Gasteiger partial charge in [-0.05, 0) is 53.9 Å². The molecule has 1 aliphatic heterocycles. The fourth-order valence-electron chi connectivity index (χ4n) is 2.26. The topological polar surface area (TPSA) is 103 Å². The van der Waals surface area contributed by atoms with Crippen LogP contribution in [-0.2, 0) is 42.1 Å². The van der Waals surface area contributed by atoms with Crippen LogP contribution in [0.25, 0.3) is 0 Å². The van der Waals surface area contributed by atoms with E-state index < -0.39 is 0 Å². The van der Waals surface area contributed by atoms with E-state index in [2.05, 4.69) is 24.0 Å². The van der Waals surface area contributed by atoms with Crippen molar-refractivity contribution in [3.05, 3.63) is 0 Å². The van der Waals surface area contributed by atoms with Crippen molar-refractivity contribution in [3.8, 4) is 0 Å². The fourth-order valence-corrected chi connectivity index (χ4v) is 2.26. The van der Waals surface area contributed by atoms with E-state index in [-0.39, 0.29) is 30.9 Å². The Labute approximate surface area is 240 Å². The van der Waals surface area contributed by atoms with E-state index in [0.717, 1.165) is 20.1 Å². The highest BCUT2D eigenvalue weighted by Gasteiger charge is 2.29. The van der Waals surface area contributed by atoms with E-state index in [9.17, 15) is 0 Å². The fraction of sp³-hybridized carbons (Fsp3) is 1.00. The van der Waals surface area contributed by atoms with Crippen LogP contribution < -0.4 is 0 Å². The van der Waals surface area contributed by atoms with Gasteiger partial charge in [-0.1, -0.05) is 34.6 Å². The number of methoxy groups -OCH3 is 2. The Balaban J connectivity index is -0.000000140. The van der Waals surface area contributed by atoms with Gasteiger partial charge >= 0.3 is 0 Å². The second kappa shape index (κ2) is 44.0. The molecular formula is C27H64O10S. The van der Waals surface area contributed by atoms with Gasteiger partial charge in [0.25, 0.3) is 0 Å². The molecule has 0 aliphatic carbocycles. The van der Waals surface area contributed by atoms with Gasteiger partial charge < -0.3 is 47.2 Å². The number of hydrogen-bond donors (Lipinski definition) is 2. The molecule has 1 rings (SSSR count). The molecule has 0 bridgehead atoms. The Bertz CT molecular complexity index is 367. The quantitative estimate of drug-likeness (QED) is 0.110. The molecule has 0 amide bonds. The summed E-state index contributed by atoms with van der Waals surface area (Å²) < 4.78 is 46.2. The van der Waals surface area contributed by atoms with E-state index in [1.165, 1.54) is 0 Å². The molecule has 4 unspecified atom stereocenters. The van der Waals surface area contributed by atoms with Crippen molar-refractivity contribution in [2.75, 3.05) is 74.2 Å². The van der Waals surface area contributed by atoms with E-state index in [4.69, 9.17) is 43.0 Å². The molecule has 1 fully saturated rings. The molecule has 10 nitrogen and oxygen atoms in total. The maximum atomic E-state index is 7.00. The zero-order valence-corrected chi connectivity index (χ0v) is 27.7. The maximum absolute atomic E-state index is 7.00. The van der Waals surface area contributed by atoms with E-state index >= 15 is 0 Å². The minimum Gasteiger partial charge on any atom is -0.400 e. The van der Waals surface area contributed by atoms with Crippen LogP contribution in [0.15, 0.2) is 0 Å². The van der Waals surface area contributed by atoms with Crippen LogP contribution >= 0.6 is 12.9 Å². The highest BCUT2D eigenvalue weighted by atomic mass is 32.1. The highest BCUT2D eigenvalue weighted by Crippen LogP contribution is 2.18. The van der Waals surface area contributed by atoms with Crippen molar-refractivity contribution in [2.45, 2.75) is 107 Å². The van der Waals surface area contributed by atoms with Crippen molar-refractivity contribution in [1.29, 1.82) is 0 Å². The van der Waals surface area contributed by atoms with Crippen LogP contribution in [0.5, 0.6) is 0 Å². The van der Waals surface area contributed by atoms with Crippen LogP contribution in [0.3, 0.4) is 0 Å². The van der Waals surface area contributed by atoms with Gasteiger partial charge in [0.05, 0.1) is 58.5 Å². The summed E-state index contributed by atoms with van der Waals surface area (Å²) in [6.45, 7) is 24.6. The summed E-state index contributed by atoms with van der Waals surface area (Å²) >= 11 is 3.52. The Morgan fingerprint density at radius 3 is 1.66 bits per heavy atom. The SMILES string of the molecule is CC.CC.CC(C)OS.CCOC(CC)C1COC(C)O1.CO.COCCOCCOCCOC(C)OC. The molecule has 0 saturated carbocycles. The number of aliphatic hydroxyl groups excluding tert-OH is 1. The first-order valence-corrected chi connectivity index (χ1v) is 14.1. The van der Waals surface area contributed by atoms with Crippen molar-refractivity contribution in [3.63, 3.8) is 0 Å². The second-order valence-electron chi connectivity index (χ2n) is 7.02. The van der Waals surface area contributed by atoms with Crippen LogP contribution in [0.4, 0.5) is 0 Å². The van der Waals surface area contributed by atoms with Gasteiger partial charge in [-0.2, -0.15) is 0 Å². The molecule has 1 heterocycles. The minimum atomic E-state index is -0.174. The summed E-state index contributed by atoms with van der Waals surface area (Å²) in [5.41, 5.74) is 0. The van der Waals surface area contributed by atoms with E-state index in [0.29, 0.717) is 46.2 Å². The third kappa shape index (κ3) is 40.4. The average molecular weight is 581 g/mol. The van der Waals surface area contributed by atoms with Crippen LogP contribution in [0, 0.1) is 0 Å². The molecule has 0 aromatic carbocycles. The Morgan fingerprint density at radius 2 is 1.32 bits per heavy atom. The Morgan fingerprint density at radius 1 is 0.842 bits per heavy atom. The molecule has 1 aliphatic rings. The van der Waals surface area contributed by atoms with Crippen molar-refractivity contribution < 1.29 is 47.2 Å². The van der Waals surface area contributed by atoms with Gasteiger partial charge in [-0.3, -0.25) is 0 Å². The molecule has 1 N–H and O–H groups in total. The third-order valence-electron chi connectivity index (χ3n) is 3.99. The standard InChI is InChI=1S/C10H22O5.C9H18O3.C3H8OS.2C2H6.CH4O/c1-10(12-3)15-9-8-14-7-6-13-5-4-11-2;1-4-8(10-5-2)9-6-11-7(3)12-9;1-3(2)4-5;3*1-2/h10H,4-9H2,1-3H3;7-9H,4-6H2,1-3H3;3,5H,1-2H3;2*1-2H3;2H,1H3. The average Bonchev–Trinajstić information content (AvgIpc) is 3.40. The van der Waals surface area contributed by atoms with Gasteiger partial charge in [-0.25, -0.2) is 0 Å². The molecule has 11 heteroatoms. The lowest BCUT2D eigenvalue weighted by Gasteiger charge is -2.20. The lowest BCUT2D eigenvalue weighted by Crippen LogP contribution is -2.30. The highest BCUT2D eigenvalue weighted by molar-refractivity contribution is 7.75. The Hall–Kier alpha value is -0.0500.